The molecule has 1 saturated carbocycles. The molecule has 3 aliphatic carbocycles. The van der Waals surface area contributed by atoms with Gasteiger partial charge in [0, 0.05) is 5.56 Å². The molecule has 108 valence electrons. The molecule has 4 heteroatoms. The molecular formula is C17H17NO3. The fraction of sp³-hybridized carbons (Fsp3) is 0.412. The first-order valence-electron chi connectivity index (χ1n) is 7.47. The molecule has 1 aromatic rings. The molecule has 2 amide bonds. The standard InChI is InChI=1S/C17H17NO3/c19-9-12-3-1-2-4-13(12)18-16(20)14-10-5-6-11(8-7-10)15(14)17(18)21/h1-6,10-11,14-15,19H,7-9H2. The van der Waals surface area contributed by atoms with E-state index in [2.05, 4.69) is 12.2 Å². The molecule has 4 nitrogen and oxygen atoms in total. The lowest BCUT2D eigenvalue weighted by molar-refractivity contribution is -0.124. The summed E-state index contributed by atoms with van der Waals surface area (Å²) in [6.45, 7) is -0.173. The minimum absolute atomic E-state index is 0.0926. The predicted molar refractivity (Wildman–Crippen MR) is 77.2 cm³/mol. The normalized spacial score (nSPS) is 33.7. The number of para-hydroxylation sites is 1. The summed E-state index contributed by atoms with van der Waals surface area (Å²) in [5.74, 6) is -0.193. The first kappa shape index (κ1) is 12.8. The average molecular weight is 283 g/mol. The van der Waals surface area contributed by atoms with Gasteiger partial charge in [0.1, 0.15) is 0 Å². The summed E-state index contributed by atoms with van der Waals surface area (Å²) >= 11 is 0. The summed E-state index contributed by atoms with van der Waals surface area (Å²) in [7, 11) is 0. The van der Waals surface area contributed by atoms with Crippen LogP contribution in [0.4, 0.5) is 5.69 Å². The number of aliphatic hydroxyl groups excluding tert-OH is 1. The average Bonchev–Trinajstić information content (AvgIpc) is 2.82. The van der Waals surface area contributed by atoms with Crippen LogP contribution < -0.4 is 4.90 Å². The van der Waals surface area contributed by atoms with Crippen molar-refractivity contribution in [1.82, 2.24) is 0 Å². The van der Waals surface area contributed by atoms with Crippen molar-refractivity contribution >= 4 is 17.5 Å². The second-order valence-electron chi connectivity index (χ2n) is 6.14. The van der Waals surface area contributed by atoms with Gasteiger partial charge in [-0.15, -0.1) is 0 Å². The van der Waals surface area contributed by atoms with E-state index < -0.39 is 0 Å². The van der Waals surface area contributed by atoms with Crippen molar-refractivity contribution < 1.29 is 14.7 Å². The zero-order valence-electron chi connectivity index (χ0n) is 11.6. The first-order valence-corrected chi connectivity index (χ1v) is 7.47. The maximum atomic E-state index is 12.8. The number of allylic oxidation sites excluding steroid dienone is 2. The Balaban J connectivity index is 1.79. The van der Waals surface area contributed by atoms with E-state index in [0.29, 0.717) is 11.3 Å². The summed E-state index contributed by atoms with van der Waals surface area (Å²) in [4.78, 5) is 26.9. The van der Waals surface area contributed by atoms with Crippen molar-refractivity contribution in [2.75, 3.05) is 4.90 Å². The quantitative estimate of drug-likeness (QED) is 0.666. The Morgan fingerprint density at radius 3 is 2.10 bits per heavy atom. The number of aliphatic hydroxyl groups is 1. The highest BCUT2D eigenvalue weighted by atomic mass is 16.3. The van der Waals surface area contributed by atoms with Crippen LogP contribution in [0.3, 0.4) is 0 Å². The van der Waals surface area contributed by atoms with Crippen molar-refractivity contribution in [2.45, 2.75) is 19.4 Å². The molecule has 2 fully saturated rings. The topological polar surface area (TPSA) is 57.6 Å². The van der Waals surface area contributed by atoms with Gasteiger partial charge in [0.15, 0.2) is 0 Å². The lowest BCUT2D eigenvalue weighted by atomic mass is 9.63. The van der Waals surface area contributed by atoms with Gasteiger partial charge in [0.25, 0.3) is 0 Å². The number of imide groups is 1. The Kier molecular flexibility index (Phi) is 2.76. The van der Waals surface area contributed by atoms with Crippen LogP contribution in [0.1, 0.15) is 18.4 Å². The second-order valence-corrected chi connectivity index (χ2v) is 6.14. The summed E-state index contributed by atoms with van der Waals surface area (Å²) in [5, 5.41) is 9.46. The smallest absolute Gasteiger partial charge is 0.238 e. The predicted octanol–water partition coefficient (Wildman–Crippen LogP) is 1.88. The van der Waals surface area contributed by atoms with Gasteiger partial charge < -0.3 is 5.11 Å². The summed E-state index contributed by atoms with van der Waals surface area (Å²) in [6, 6.07) is 7.10. The Morgan fingerprint density at radius 1 is 1.00 bits per heavy atom. The molecule has 1 saturated heterocycles. The third-order valence-electron chi connectivity index (χ3n) is 5.16. The molecule has 4 atom stereocenters. The van der Waals surface area contributed by atoms with Gasteiger partial charge in [0.2, 0.25) is 11.8 Å². The SMILES string of the molecule is O=C1C2C3C=CC(CC3)C2C(=O)N1c1ccccc1CO. The summed E-state index contributed by atoms with van der Waals surface area (Å²) in [6.07, 6.45) is 6.22. The zero-order valence-corrected chi connectivity index (χ0v) is 11.6. The summed E-state index contributed by atoms with van der Waals surface area (Å²) < 4.78 is 0. The molecule has 2 bridgehead atoms. The van der Waals surface area contributed by atoms with Crippen molar-refractivity contribution in [3.8, 4) is 0 Å². The van der Waals surface area contributed by atoms with Crippen molar-refractivity contribution in [2.24, 2.45) is 23.7 Å². The Morgan fingerprint density at radius 2 is 1.57 bits per heavy atom. The van der Waals surface area contributed by atoms with E-state index in [1.807, 2.05) is 0 Å². The fourth-order valence-electron chi connectivity index (χ4n) is 4.17. The molecule has 4 unspecified atom stereocenters. The van der Waals surface area contributed by atoms with Crippen LogP contribution in [-0.4, -0.2) is 16.9 Å². The molecule has 5 rings (SSSR count). The second kappa shape index (κ2) is 4.53. The van der Waals surface area contributed by atoms with E-state index in [9.17, 15) is 14.7 Å². The monoisotopic (exact) mass is 283 g/mol. The largest absolute Gasteiger partial charge is 0.392 e. The molecule has 4 aliphatic rings. The van der Waals surface area contributed by atoms with Gasteiger partial charge in [-0.3, -0.25) is 9.59 Å². The maximum absolute atomic E-state index is 12.8. The van der Waals surface area contributed by atoms with Crippen molar-refractivity contribution in [3.05, 3.63) is 42.0 Å². The number of carbonyl (C=O) groups is 2. The zero-order chi connectivity index (χ0) is 14.6. The van der Waals surface area contributed by atoms with E-state index in [0.717, 1.165) is 12.8 Å². The molecule has 0 radical (unpaired) electrons. The minimum atomic E-state index is -0.201. The Labute approximate surface area is 123 Å². The number of hydrogen-bond donors (Lipinski definition) is 1. The molecular weight excluding hydrogens is 266 g/mol. The number of fused-ring (bicyclic) bond motifs is 1. The van der Waals surface area contributed by atoms with E-state index in [1.165, 1.54) is 4.90 Å². The third-order valence-corrected chi connectivity index (χ3v) is 5.16. The number of hydrogen-bond acceptors (Lipinski definition) is 3. The van der Waals surface area contributed by atoms with Gasteiger partial charge in [-0.2, -0.15) is 0 Å². The minimum Gasteiger partial charge on any atom is -0.392 e. The van der Waals surface area contributed by atoms with Crippen LogP contribution in [0, 0.1) is 23.7 Å². The fourth-order valence-corrected chi connectivity index (χ4v) is 4.17. The summed E-state index contributed by atoms with van der Waals surface area (Å²) in [5.41, 5.74) is 1.17. The number of carbonyl (C=O) groups excluding carboxylic acids is 2. The molecule has 1 N–H and O–H groups in total. The van der Waals surface area contributed by atoms with Crippen LogP contribution in [0.5, 0.6) is 0 Å². The number of amides is 2. The van der Waals surface area contributed by atoms with E-state index in [4.69, 9.17) is 0 Å². The Bertz CT molecular complexity index is 619. The highest BCUT2D eigenvalue weighted by Gasteiger charge is 2.57. The maximum Gasteiger partial charge on any atom is 0.238 e. The van der Waals surface area contributed by atoms with Crippen LogP contribution in [0.15, 0.2) is 36.4 Å². The molecule has 21 heavy (non-hydrogen) atoms. The van der Waals surface area contributed by atoms with E-state index in [-0.39, 0.29) is 42.1 Å². The highest BCUT2D eigenvalue weighted by Crippen LogP contribution is 2.50. The van der Waals surface area contributed by atoms with Gasteiger partial charge in [-0.05, 0) is 30.7 Å². The van der Waals surface area contributed by atoms with Gasteiger partial charge in [-0.25, -0.2) is 4.90 Å². The molecule has 1 aromatic carbocycles. The number of rotatable bonds is 2. The molecule has 0 aromatic heterocycles. The van der Waals surface area contributed by atoms with E-state index >= 15 is 0 Å². The lowest BCUT2D eigenvalue weighted by Crippen LogP contribution is -2.38. The number of benzene rings is 1. The number of anilines is 1. The first-order chi connectivity index (χ1) is 10.2. The number of nitrogens with zero attached hydrogens (tertiary/aromatic N) is 1. The van der Waals surface area contributed by atoms with Crippen LogP contribution in [0.2, 0.25) is 0 Å². The van der Waals surface area contributed by atoms with Crippen LogP contribution in [-0.2, 0) is 16.2 Å². The van der Waals surface area contributed by atoms with Crippen LogP contribution in [0.25, 0.3) is 0 Å². The van der Waals surface area contributed by atoms with Gasteiger partial charge >= 0.3 is 0 Å². The highest BCUT2D eigenvalue weighted by molar-refractivity contribution is 6.22. The molecule has 0 spiro atoms. The third kappa shape index (κ3) is 1.65. The Hall–Kier alpha value is -1.94. The van der Waals surface area contributed by atoms with E-state index in [1.54, 1.807) is 24.3 Å². The molecule has 1 heterocycles. The lowest BCUT2D eigenvalue weighted by Gasteiger charge is -2.38. The van der Waals surface area contributed by atoms with Crippen LogP contribution >= 0.6 is 0 Å². The molecule has 1 aliphatic heterocycles. The van der Waals surface area contributed by atoms with Gasteiger partial charge in [0.05, 0.1) is 24.1 Å². The van der Waals surface area contributed by atoms with Gasteiger partial charge in [-0.1, -0.05) is 30.4 Å². The van der Waals surface area contributed by atoms with Crippen molar-refractivity contribution in [1.29, 1.82) is 0 Å². The van der Waals surface area contributed by atoms with Crippen molar-refractivity contribution in [3.63, 3.8) is 0 Å².